The van der Waals surface area contributed by atoms with Gasteiger partial charge in [0.15, 0.2) is 0 Å². The number of nitrogens with zero attached hydrogens (tertiary/aromatic N) is 2. The van der Waals surface area contributed by atoms with Crippen LogP contribution >= 0.6 is 22.6 Å². The summed E-state index contributed by atoms with van der Waals surface area (Å²) in [5.74, 6) is 0.763. The van der Waals surface area contributed by atoms with E-state index in [0.29, 0.717) is 19.2 Å². The van der Waals surface area contributed by atoms with E-state index < -0.39 is 0 Å². The molecule has 0 saturated heterocycles. The largest absolute Gasteiger partial charge is 0.423 e. The number of halogens is 1. The number of hydrogen-bond acceptors (Lipinski definition) is 5. The van der Waals surface area contributed by atoms with Crippen molar-refractivity contribution in [2.75, 3.05) is 20.3 Å². The van der Waals surface area contributed by atoms with Gasteiger partial charge in [-0.3, -0.25) is 0 Å². The standard InChI is InChI=1S/C14H16IN3O2/c1-19-7-6-16-8-11-9-17-14(18-10-11)20-13-5-3-2-4-12(13)15/h2-5,9-10,16H,6-8H2,1H3. The Bertz CT molecular complexity index is 534. The van der Waals surface area contributed by atoms with Gasteiger partial charge in [-0.2, -0.15) is 0 Å². The van der Waals surface area contributed by atoms with Gasteiger partial charge in [-0.15, -0.1) is 0 Å². The SMILES string of the molecule is COCCNCc1cnc(Oc2ccccc2I)nc1. The summed E-state index contributed by atoms with van der Waals surface area (Å²) in [4.78, 5) is 8.41. The van der Waals surface area contributed by atoms with Crippen LogP contribution in [0.3, 0.4) is 0 Å². The van der Waals surface area contributed by atoms with Gasteiger partial charge in [0, 0.05) is 38.2 Å². The van der Waals surface area contributed by atoms with E-state index in [1.807, 2.05) is 24.3 Å². The molecule has 0 aliphatic carbocycles. The van der Waals surface area contributed by atoms with E-state index in [-0.39, 0.29) is 0 Å². The van der Waals surface area contributed by atoms with Crippen LogP contribution in [0.1, 0.15) is 5.56 Å². The van der Waals surface area contributed by atoms with Crippen molar-refractivity contribution in [2.45, 2.75) is 6.54 Å². The summed E-state index contributed by atoms with van der Waals surface area (Å²) in [5.41, 5.74) is 1.01. The Morgan fingerprint density at radius 2 is 1.95 bits per heavy atom. The molecule has 0 atom stereocenters. The predicted molar refractivity (Wildman–Crippen MR) is 84.8 cm³/mol. The lowest BCUT2D eigenvalue weighted by molar-refractivity contribution is 0.199. The Morgan fingerprint density at radius 3 is 2.65 bits per heavy atom. The second-order valence-electron chi connectivity index (χ2n) is 4.08. The maximum absolute atomic E-state index is 5.64. The molecule has 2 aromatic rings. The number of nitrogens with one attached hydrogen (secondary N) is 1. The average molecular weight is 385 g/mol. The molecule has 0 saturated carbocycles. The molecule has 1 N–H and O–H groups in total. The molecule has 0 fully saturated rings. The van der Waals surface area contributed by atoms with E-state index >= 15 is 0 Å². The molecule has 1 heterocycles. The monoisotopic (exact) mass is 385 g/mol. The van der Waals surface area contributed by atoms with E-state index in [4.69, 9.17) is 9.47 Å². The van der Waals surface area contributed by atoms with Gasteiger partial charge in [-0.1, -0.05) is 12.1 Å². The number of methoxy groups -OCH3 is 1. The first kappa shape index (κ1) is 15.1. The van der Waals surface area contributed by atoms with Crippen LogP contribution in [0, 0.1) is 3.57 Å². The topological polar surface area (TPSA) is 56.3 Å². The van der Waals surface area contributed by atoms with Crippen LogP contribution in [0.5, 0.6) is 11.8 Å². The van der Waals surface area contributed by atoms with Crippen molar-refractivity contribution in [1.82, 2.24) is 15.3 Å². The average Bonchev–Trinajstić information content (AvgIpc) is 2.48. The summed E-state index contributed by atoms with van der Waals surface area (Å²) in [5, 5.41) is 3.23. The molecule has 0 bridgehead atoms. The van der Waals surface area contributed by atoms with Crippen LogP contribution in [0.2, 0.25) is 0 Å². The third-order valence-corrected chi connectivity index (χ3v) is 3.42. The minimum atomic E-state index is 0.356. The molecule has 2 rings (SSSR count). The number of aromatic nitrogens is 2. The molecule has 1 aromatic heterocycles. The molecular formula is C14H16IN3O2. The second kappa shape index (κ2) is 8.13. The molecule has 20 heavy (non-hydrogen) atoms. The van der Waals surface area contributed by atoms with Gasteiger partial charge in [-0.25, -0.2) is 9.97 Å². The van der Waals surface area contributed by atoms with Crippen molar-refractivity contribution >= 4 is 22.6 Å². The van der Waals surface area contributed by atoms with Gasteiger partial charge in [0.1, 0.15) is 5.75 Å². The van der Waals surface area contributed by atoms with Crippen LogP contribution in [0.15, 0.2) is 36.7 Å². The fourth-order valence-electron chi connectivity index (χ4n) is 1.52. The number of rotatable bonds is 7. The highest BCUT2D eigenvalue weighted by molar-refractivity contribution is 14.1. The van der Waals surface area contributed by atoms with Gasteiger partial charge in [0.25, 0.3) is 0 Å². The van der Waals surface area contributed by atoms with Gasteiger partial charge in [0.2, 0.25) is 0 Å². The summed E-state index contributed by atoms with van der Waals surface area (Å²) in [6.45, 7) is 2.21. The van der Waals surface area contributed by atoms with E-state index in [2.05, 4.69) is 37.9 Å². The zero-order chi connectivity index (χ0) is 14.2. The predicted octanol–water partition coefficient (Wildman–Crippen LogP) is 2.61. The Kier molecular flexibility index (Phi) is 6.16. The molecule has 6 heteroatoms. The first-order valence-corrected chi connectivity index (χ1v) is 7.30. The lowest BCUT2D eigenvalue weighted by Crippen LogP contribution is -2.18. The van der Waals surface area contributed by atoms with Gasteiger partial charge >= 0.3 is 6.01 Å². The summed E-state index contributed by atoms with van der Waals surface area (Å²) in [6.07, 6.45) is 3.52. The molecule has 0 spiro atoms. The van der Waals surface area contributed by atoms with E-state index in [0.717, 1.165) is 21.4 Å². The van der Waals surface area contributed by atoms with Crippen molar-refractivity contribution in [3.8, 4) is 11.8 Å². The first-order chi connectivity index (χ1) is 9.79. The number of para-hydroxylation sites is 1. The molecule has 0 radical (unpaired) electrons. The normalized spacial score (nSPS) is 10.5. The quantitative estimate of drug-likeness (QED) is 0.587. The molecule has 106 valence electrons. The van der Waals surface area contributed by atoms with Crippen molar-refractivity contribution in [1.29, 1.82) is 0 Å². The highest BCUT2D eigenvalue weighted by Gasteiger charge is 2.04. The van der Waals surface area contributed by atoms with Crippen molar-refractivity contribution in [3.63, 3.8) is 0 Å². The van der Waals surface area contributed by atoms with E-state index in [1.165, 1.54) is 0 Å². The van der Waals surface area contributed by atoms with Crippen molar-refractivity contribution in [3.05, 3.63) is 45.8 Å². The molecule has 0 aliphatic rings. The number of benzene rings is 1. The first-order valence-electron chi connectivity index (χ1n) is 6.22. The number of ether oxygens (including phenoxy) is 2. The van der Waals surface area contributed by atoms with Crippen LogP contribution in [-0.4, -0.2) is 30.2 Å². The highest BCUT2D eigenvalue weighted by Crippen LogP contribution is 2.23. The van der Waals surface area contributed by atoms with E-state index in [1.54, 1.807) is 19.5 Å². The van der Waals surface area contributed by atoms with E-state index in [9.17, 15) is 0 Å². The number of hydrogen-bond donors (Lipinski definition) is 1. The molecule has 0 amide bonds. The molecule has 5 nitrogen and oxygen atoms in total. The lowest BCUT2D eigenvalue weighted by atomic mass is 10.3. The Hall–Kier alpha value is -1.25. The fourth-order valence-corrected chi connectivity index (χ4v) is 2.02. The Balaban J connectivity index is 1.90. The third-order valence-electron chi connectivity index (χ3n) is 2.53. The van der Waals surface area contributed by atoms with Crippen molar-refractivity contribution < 1.29 is 9.47 Å². The van der Waals surface area contributed by atoms with Crippen LogP contribution in [0.4, 0.5) is 0 Å². The summed E-state index contributed by atoms with van der Waals surface area (Å²) in [6, 6.07) is 8.11. The Morgan fingerprint density at radius 1 is 1.20 bits per heavy atom. The third kappa shape index (κ3) is 4.69. The molecule has 1 aromatic carbocycles. The van der Waals surface area contributed by atoms with Gasteiger partial charge in [0.05, 0.1) is 10.2 Å². The summed E-state index contributed by atoms with van der Waals surface area (Å²) in [7, 11) is 1.68. The zero-order valence-electron chi connectivity index (χ0n) is 11.2. The van der Waals surface area contributed by atoms with Crippen molar-refractivity contribution in [2.24, 2.45) is 0 Å². The van der Waals surface area contributed by atoms with Gasteiger partial charge < -0.3 is 14.8 Å². The molecular weight excluding hydrogens is 369 g/mol. The van der Waals surface area contributed by atoms with Crippen LogP contribution < -0.4 is 10.1 Å². The lowest BCUT2D eigenvalue weighted by Gasteiger charge is -2.07. The minimum absolute atomic E-state index is 0.356. The fraction of sp³-hybridized carbons (Fsp3) is 0.286. The minimum Gasteiger partial charge on any atom is -0.423 e. The summed E-state index contributed by atoms with van der Waals surface area (Å²) >= 11 is 2.22. The summed E-state index contributed by atoms with van der Waals surface area (Å²) < 4.78 is 11.6. The maximum Gasteiger partial charge on any atom is 0.321 e. The Labute approximate surface area is 131 Å². The molecule has 0 aliphatic heterocycles. The van der Waals surface area contributed by atoms with Crippen LogP contribution in [0.25, 0.3) is 0 Å². The maximum atomic E-state index is 5.64. The van der Waals surface area contributed by atoms with Crippen LogP contribution in [-0.2, 0) is 11.3 Å². The second-order valence-corrected chi connectivity index (χ2v) is 5.24. The zero-order valence-corrected chi connectivity index (χ0v) is 13.3. The smallest absolute Gasteiger partial charge is 0.321 e. The highest BCUT2D eigenvalue weighted by atomic mass is 127. The molecule has 0 unspecified atom stereocenters. The van der Waals surface area contributed by atoms with Gasteiger partial charge in [-0.05, 0) is 34.7 Å².